The number of aromatic nitrogens is 4. The second-order valence-electron chi connectivity index (χ2n) is 4.30. The predicted molar refractivity (Wildman–Crippen MR) is 76.4 cm³/mol. The number of halogens is 1. The third-order valence-corrected chi connectivity index (χ3v) is 3.33. The van der Waals surface area contributed by atoms with Gasteiger partial charge in [0.1, 0.15) is 0 Å². The lowest BCUT2D eigenvalue weighted by molar-refractivity contribution is 0.400. The van der Waals surface area contributed by atoms with E-state index in [0.29, 0.717) is 6.54 Å². The predicted octanol–water partition coefficient (Wildman–Crippen LogP) is 1.73. The van der Waals surface area contributed by atoms with Gasteiger partial charge in [-0.1, -0.05) is 18.5 Å². The van der Waals surface area contributed by atoms with Crippen molar-refractivity contribution in [2.75, 3.05) is 7.11 Å². The summed E-state index contributed by atoms with van der Waals surface area (Å²) in [5.74, 6) is 0.0624. The van der Waals surface area contributed by atoms with Crippen LogP contribution in [0.25, 0.3) is 0 Å². The minimum Gasteiger partial charge on any atom is -0.489 e. The van der Waals surface area contributed by atoms with Crippen molar-refractivity contribution >= 4 is 11.6 Å². The van der Waals surface area contributed by atoms with E-state index in [9.17, 15) is 4.79 Å². The van der Waals surface area contributed by atoms with Gasteiger partial charge in [0.2, 0.25) is 5.75 Å². The van der Waals surface area contributed by atoms with Crippen LogP contribution in [0.2, 0.25) is 5.15 Å². The van der Waals surface area contributed by atoms with Gasteiger partial charge in [-0.15, -0.1) is 0 Å². The Morgan fingerprint density at radius 1 is 1.40 bits per heavy atom. The lowest BCUT2D eigenvalue weighted by Gasteiger charge is -2.09. The summed E-state index contributed by atoms with van der Waals surface area (Å²) < 4.78 is 8.33. The first kappa shape index (κ1) is 14.6. The molecule has 0 spiro atoms. The summed E-state index contributed by atoms with van der Waals surface area (Å²) in [5.41, 5.74) is 1.66. The molecule has 7 heteroatoms. The summed E-state index contributed by atoms with van der Waals surface area (Å²) in [6.45, 7) is 5.20. The van der Waals surface area contributed by atoms with E-state index in [1.807, 2.05) is 24.6 Å². The normalized spacial score (nSPS) is 10.8. The van der Waals surface area contributed by atoms with E-state index in [-0.39, 0.29) is 16.5 Å². The van der Waals surface area contributed by atoms with E-state index in [1.54, 1.807) is 0 Å². The SMILES string of the molecule is CCc1cc(Cn2cnc(Cl)c(OC)c2=O)n(CC)n1. The van der Waals surface area contributed by atoms with Crippen molar-refractivity contribution in [3.8, 4) is 5.75 Å². The fraction of sp³-hybridized carbons (Fsp3) is 0.462. The molecule has 0 bridgehead atoms. The van der Waals surface area contributed by atoms with Crippen LogP contribution in [0.5, 0.6) is 5.75 Å². The zero-order chi connectivity index (χ0) is 14.7. The van der Waals surface area contributed by atoms with Crippen LogP contribution >= 0.6 is 11.6 Å². The number of aryl methyl sites for hydroxylation is 2. The van der Waals surface area contributed by atoms with Gasteiger partial charge in [0.05, 0.1) is 31.4 Å². The van der Waals surface area contributed by atoms with Crippen LogP contribution in [0.15, 0.2) is 17.2 Å². The molecular formula is C13H17ClN4O2. The summed E-state index contributed by atoms with van der Waals surface area (Å²) in [5, 5.41) is 4.53. The van der Waals surface area contributed by atoms with Crippen LogP contribution in [0.1, 0.15) is 25.2 Å². The summed E-state index contributed by atoms with van der Waals surface area (Å²) in [6, 6.07) is 2.00. The third-order valence-electron chi connectivity index (χ3n) is 3.07. The first-order valence-corrected chi connectivity index (χ1v) is 6.83. The molecule has 6 nitrogen and oxygen atoms in total. The van der Waals surface area contributed by atoms with Gasteiger partial charge in [0.15, 0.2) is 5.15 Å². The number of ether oxygens (including phenoxy) is 1. The van der Waals surface area contributed by atoms with E-state index < -0.39 is 0 Å². The molecule has 2 aromatic heterocycles. The van der Waals surface area contributed by atoms with Crippen LogP contribution < -0.4 is 10.3 Å². The molecular weight excluding hydrogens is 280 g/mol. The van der Waals surface area contributed by atoms with Crippen LogP contribution in [0, 0.1) is 0 Å². The zero-order valence-corrected chi connectivity index (χ0v) is 12.5. The number of methoxy groups -OCH3 is 1. The molecule has 2 heterocycles. The van der Waals surface area contributed by atoms with Crippen LogP contribution in [0.4, 0.5) is 0 Å². The Labute approximate surface area is 122 Å². The second kappa shape index (κ2) is 6.09. The summed E-state index contributed by atoms with van der Waals surface area (Å²) in [6.07, 6.45) is 2.28. The fourth-order valence-electron chi connectivity index (χ4n) is 2.00. The molecule has 0 N–H and O–H groups in total. The first-order valence-electron chi connectivity index (χ1n) is 6.45. The molecule has 0 saturated heterocycles. The highest BCUT2D eigenvalue weighted by molar-refractivity contribution is 6.30. The molecule has 0 aliphatic carbocycles. The van der Waals surface area contributed by atoms with E-state index in [0.717, 1.165) is 24.4 Å². The summed E-state index contributed by atoms with van der Waals surface area (Å²) in [7, 11) is 1.40. The highest BCUT2D eigenvalue weighted by Crippen LogP contribution is 2.15. The van der Waals surface area contributed by atoms with Crippen LogP contribution in [0.3, 0.4) is 0 Å². The van der Waals surface area contributed by atoms with Gasteiger partial charge < -0.3 is 4.74 Å². The first-order chi connectivity index (χ1) is 9.60. The Hall–Kier alpha value is -1.82. The number of rotatable bonds is 5. The summed E-state index contributed by atoms with van der Waals surface area (Å²) >= 11 is 5.82. The van der Waals surface area contributed by atoms with Crippen LogP contribution in [-0.4, -0.2) is 26.4 Å². The highest BCUT2D eigenvalue weighted by atomic mass is 35.5. The Kier molecular flexibility index (Phi) is 4.44. The molecule has 0 atom stereocenters. The smallest absolute Gasteiger partial charge is 0.297 e. The molecule has 0 aliphatic heterocycles. The molecule has 108 valence electrons. The Morgan fingerprint density at radius 3 is 2.75 bits per heavy atom. The topological polar surface area (TPSA) is 61.9 Å². The molecule has 2 aromatic rings. The standard InChI is InChI=1S/C13H17ClN4O2/c1-4-9-6-10(18(5-2)16-9)7-17-8-15-12(14)11(20-3)13(17)19/h6,8H,4-5,7H2,1-3H3. The molecule has 20 heavy (non-hydrogen) atoms. The highest BCUT2D eigenvalue weighted by Gasteiger charge is 2.13. The van der Waals surface area contributed by atoms with Crippen molar-refractivity contribution in [2.45, 2.75) is 33.4 Å². The maximum Gasteiger partial charge on any atom is 0.297 e. The average Bonchev–Trinajstić information content (AvgIpc) is 2.85. The lowest BCUT2D eigenvalue weighted by Crippen LogP contribution is -2.23. The fourth-order valence-corrected chi connectivity index (χ4v) is 2.20. The monoisotopic (exact) mass is 296 g/mol. The molecule has 0 saturated carbocycles. The van der Waals surface area contributed by atoms with Gasteiger partial charge in [0, 0.05) is 6.54 Å². The van der Waals surface area contributed by atoms with Crippen molar-refractivity contribution in [3.63, 3.8) is 0 Å². The van der Waals surface area contributed by atoms with E-state index >= 15 is 0 Å². The van der Waals surface area contributed by atoms with Gasteiger partial charge in [-0.3, -0.25) is 14.0 Å². The van der Waals surface area contributed by atoms with E-state index in [1.165, 1.54) is 18.0 Å². The Morgan fingerprint density at radius 2 is 2.15 bits per heavy atom. The molecule has 0 unspecified atom stereocenters. The van der Waals surface area contributed by atoms with Gasteiger partial charge in [-0.2, -0.15) is 5.10 Å². The van der Waals surface area contributed by atoms with Gasteiger partial charge >= 0.3 is 0 Å². The number of nitrogens with zero attached hydrogens (tertiary/aromatic N) is 4. The maximum atomic E-state index is 12.2. The lowest BCUT2D eigenvalue weighted by atomic mass is 10.3. The third kappa shape index (κ3) is 2.70. The largest absolute Gasteiger partial charge is 0.489 e. The molecule has 2 rings (SSSR count). The Bertz CT molecular complexity index is 663. The quantitative estimate of drug-likeness (QED) is 0.788. The van der Waals surface area contributed by atoms with Crippen molar-refractivity contribution in [1.29, 1.82) is 0 Å². The summed E-state index contributed by atoms with van der Waals surface area (Å²) in [4.78, 5) is 16.1. The molecule has 0 amide bonds. The number of hydrogen-bond donors (Lipinski definition) is 0. The maximum absolute atomic E-state index is 12.2. The van der Waals surface area contributed by atoms with Crippen molar-refractivity contribution < 1.29 is 4.74 Å². The van der Waals surface area contributed by atoms with Gasteiger partial charge in [-0.05, 0) is 19.4 Å². The van der Waals surface area contributed by atoms with Gasteiger partial charge in [0.25, 0.3) is 5.56 Å². The molecule has 0 aromatic carbocycles. The van der Waals surface area contributed by atoms with E-state index in [2.05, 4.69) is 10.1 Å². The zero-order valence-electron chi connectivity index (χ0n) is 11.8. The van der Waals surface area contributed by atoms with Gasteiger partial charge in [-0.25, -0.2) is 4.98 Å². The van der Waals surface area contributed by atoms with Crippen molar-refractivity contribution in [1.82, 2.24) is 19.3 Å². The van der Waals surface area contributed by atoms with E-state index in [4.69, 9.17) is 16.3 Å². The molecule has 0 radical (unpaired) electrons. The molecule has 0 aliphatic rings. The Balaban J connectivity index is 2.40. The second-order valence-corrected chi connectivity index (χ2v) is 4.66. The van der Waals surface area contributed by atoms with Crippen molar-refractivity contribution in [2.24, 2.45) is 0 Å². The number of hydrogen-bond acceptors (Lipinski definition) is 4. The van der Waals surface area contributed by atoms with Crippen LogP contribution in [-0.2, 0) is 19.5 Å². The van der Waals surface area contributed by atoms with Crippen molar-refractivity contribution in [3.05, 3.63) is 39.3 Å². The average molecular weight is 297 g/mol. The minimum absolute atomic E-state index is 0.0624. The molecule has 0 fully saturated rings. The minimum atomic E-state index is -0.297.